The zero-order valence-corrected chi connectivity index (χ0v) is 12.2. The molecule has 0 fully saturated rings. The normalized spacial score (nSPS) is 10.1. The van der Waals surface area contributed by atoms with Gasteiger partial charge in [0.1, 0.15) is 5.75 Å². The van der Waals surface area contributed by atoms with Crippen LogP contribution in [0.5, 0.6) is 5.75 Å². The molecule has 2 aromatic rings. The number of esters is 1. The predicted molar refractivity (Wildman–Crippen MR) is 82.7 cm³/mol. The molecule has 2 rings (SSSR count). The lowest BCUT2D eigenvalue weighted by molar-refractivity contribution is 0.0486. The van der Waals surface area contributed by atoms with Crippen LogP contribution >= 0.6 is 11.6 Å². The van der Waals surface area contributed by atoms with Crippen LogP contribution in [0.15, 0.2) is 48.5 Å². The molecule has 0 atom stereocenters. The van der Waals surface area contributed by atoms with Crippen LogP contribution in [0, 0.1) is 0 Å². The van der Waals surface area contributed by atoms with Gasteiger partial charge in [0.25, 0.3) is 0 Å². The second-order valence-electron chi connectivity index (χ2n) is 4.39. The quantitative estimate of drug-likeness (QED) is 0.503. The smallest absolute Gasteiger partial charge is 0.339 e. The van der Waals surface area contributed by atoms with Crippen molar-refractivity contribution < 1.29 is 14.3 Å². The first-order valence-electron chi connectivity index (χ1n) is 6.57. The highest BCUT2D eigenvalue weighted by atomic mass is 35.5. The summed E-state index contributed by atoms with van der Waals surface area (Å²) in [5.41, 5.74) is 6.39. The fourth-order valence-corrected chi connectivity index (χ4v) is 1.97. The molecular formula is C16H16ClNO3. The Morgan fingerprint density at radius 2 is 1.86 bits per heavy atom. The molecule has 0 saturated carbocycles. The lowest BCUT2D eigenvalue weighted by Gasteiger charge is -2.08. The van der Waals surface area contributed by atoms with Crippen LogP contribution in [-0.4, -0.2) is 19.2 Å². The summed E-state index contributed by atoms with van der Waals surface area (Å²) in [7, 11) is 0. The second-order valence-corrected chi connectivity index (χ2v) is 4.80. The maximum absolute atomic E-state index is 11.8. The van der Waals surface area contributed by atoms with Gasteiger partial charge in [-0.1, -0.05) is 29.8 Å². The van der Waals surface area contributed by atoms with Crippen molar-refractivity contribution in [1.29, 1.82) is 0 Å². The molecule has 0 unspecified atom stereocenters. The molecule has 0 aromatic heterocycles. The average molecular weight is 306 g/mol. The molecule has 0 spiro atoms. The Morgan fingerprint density at radius 3 is 2.57 bits per heavy atom. The number of ether oxygens (including phenoxy) is 2. The second kappa shape index (κ2) is 7.55. The number of hydrogen-bond donors (Lipinski definition) is 1. The summed E-state index contributed by atoms with van der Waals surface area (Å²) >= 11 is 5.94. The number of anilines is 1. The number of carbonyl (C=O) groups is 1. The molecule has 2 N–H and O–H groups in total. The van der Waals surface area contributed by atoms with Crippen molar-refractivity contribution >= 4 is 23.3 Å². The van der Waals surface area contributed by atoms with Crippen molar-refractivity contribution in [2.75, 3.05) is 18.9 Å². The van der Waals surface area contributed by atoms with Gasteiger partial charge in [0, 0.05) is 12.1 Å². The zero-order valence-electron chi connectivity index (χ0n) is 11.4. The van der Waals surface area contributed by atoms with E-state index in [4.69, 9.17) is 26.8 Å². The maximum atomic E-state index is 11.8. The van der Waals surface area contributed by atoms with Gasteiger partial charge in [-0.15, -0.1) is 0 Å². The molecule has 21 heavy (non-hydrogen) atoms. The molecular weight excluding hydrogens is 290 g/mol. The first-order valence-corrected chi connectivity index (χ1v) is 6.94. The Kier molecular flexibility index (Phi) is 5.46. The van der Waals surface area contributed by atoms with Crippen molar-refractivity contribution in [3.05, 3.63) is 59.1 Å². The Balaban J connectivity index is 1.72. The van der Waals surface area contributed by atoms with E-state index in [0.29, 0.717) is 29.3 Å². The highest BCUT2D eigenvalue weighted by Crippen LogP contribution is 2.20. The van der Waals surface area contributed by atoms with Crippen LogP contribution in [0.2, 0.25) is 5.02 Å². The van der Waals surface area contributed by atoms with Crippen molar-refractivity contribution in [2.24, 2.45) is 0 Å². The van der Waals surface area contributed by atoms with Crippen molar-refractivity contribution in [3.63, 3.8) is 0 Å². The number of hydrogen-bond acceptors (Lipinski definition) is 4. The van der Waals surface area contributed by atoms with Crippen LogP contribution in [0.1, 0.15) is 16.8 Å². The Bertz CT molecular complexity index is 602. The number of benzene rings is 2. The molecule has 4 nitrogen and oxygen atoms in total. The maximum Gasteiger partial charge on any atom is 0.339 e. The standard InChI is InChI=1S/C16H16ClNO3/c17-15-11-12(18)7-8-14(15)16(19)21-10-4-9-20-13-5-2-1-3-6-13/h1-3,5-8,11H,4,9-10,18H2. The number of rotatable bonds is 6. The van der Waals surface area contributed by atoms with Crippen molar-refractivity contribution in [2.45, 2.75) is 6.42 Å². The molecule has 5 heteroatoms. The summed E-state index contributed by atoms with van der Waals surface area (Å²) in [4.78, 5) is 11.8. The van der Waals surface area contributed by atoms with E-state index in [0.717, 1.165) is 5.75 Å². The first kappa shape index (κ1) is 15.2. The van der Waals surface area contributed by atoms with Gasteiger partial charge in [0.15, 0.2) is 0 Å². The number of carbonyl (C=O) groups excluding carboxylic acids is 1. The molecule has 0 bridgehead atoms. The Hall–Kier alpha value is -2.20. The number of para-hydroxylation sites is 1. The monoisotopic (exact) mass is 305 g/mol. The van der Waals surface area contributed by atoms with E-state index < -0.39 is 5.97 Å². The van der Waals surface area contributed by atoms with Crippen LogP contribution < -0.4 is 10.5 Å². The van der Waals surface area contributed by atoms with E-state index in [-0.39, 0.29) is 6.61 Å². The van der Waals surface area contributed by atoms with E-state index in [1.54, 1.807) is 12.1 Å². The topological polar surface area (TPSA) is 61.6 Å². The molecule has 0 heterocycles. The van der Waals surface area contributed by atoms with Crippen molar-refractivity contribution in [1.82, 2.24) is 0 Å². The highest BCUT2D eigenvalue weighted by molar-refractivity contribution is 6.33. The zero-order chi connectivity index (χ0) is 15.1. The first-order chi connectivity index (χ1) is 10.2. The fourth-order valence-electron chi connectivity index (χ4n) is 1.71. The van der Waals surface area contributed by atoms with Crippen LogP contribution in [0.3, 0.4) is 0 Å². The average Bonchev–Trinajstić information content (AvgIpc) is 2.47. The molecule has 0 aliphatic carbocycles. The Morgan fingerprint density at radius 1 is 1.10 bits per heavy atom. The van der Waals surface area contributed by atoms with Gasteiger partial charge in [0.2, 0.25) is 0 Å². The number of nitrogen functional groups attached to an aromatic ring is 1. The summed E-state index contributed by atoms with van der Waals surface area (Å²) in [6, 6.07) is 14.2. The van der Waals surface area contributed by atoms with Gasteiger partial charge in [-0.05, 0) is 30.3 Å². The molecule has 0 aliphatic heterocycles. The SMILES string of the molecule is Nc1ccc(C(=O)OCCCOc2ccccc2)c(Cl)c1. The molecule has 110 valence electrons. The van der Waals surface area contributed by atoms with E-state index >= 15 is 0 Å². The van der Waals surface area contributed by atoms with Gasteiger partial charge in [-0.2, -0.15) is 0 Å². The third kappa shape index (κ3) is 4.68. The molecule has 0 aliphatic rings. The minimum absolute atomic E-state index is 0.270. The number of nitrogens with two attached hydrogens (primary N) is 1. The summed E-state index contributed by atoms with van der Waals surface area (Å²) in [5, 5.41) is 0.292. The molecule has 0 saturated heterocycles. The Labute approximate surface area is 128 Å². The largest absolute Gasteiger partial charge is 0.493 e. The summed E-state index contributed by atoms with van der Waals surface area (Å²) < 4.78 is 10.6. The van der Waals surface area contributed by atoms with Gasteiger partial charge < -0.3 is 15.2 Å². The lowest BCUT2D eigenvalue weighted by atomic mass is 10.2. The van der Waals surface area contributed by atoms with Crippen LogP contribution in [0.4, 0.5) is 5.69 Å². The van der Waals surface area contributed by atoms with E-state index in [2.05, 4.69) is 0 Å². The van der Waals surface area contributed by atoms with E-state index in [1.807, 2.05) is 30.3 Å². The summed E-state index contributed by atoms with van der Waals surface area (Å²) in [6.07, 6.45) is 0.604. The third-order valence-electron chi connectivity index (χ3n) is 2.75. The van der Waals surface area contributed by atoms with Crippen molar-refractivity contribution in [3.8, 4) is 5.75 Å². The van der Waals surface area contributed by atoms with Crippen LogP contribution in [-0.2, 0) is 4.74 Å². The van der Waals surface area contributed by atoms with Gasteiger partial charge >= 0.3 is 5.97 Å². The highest BCUT2D eigenvalue weighted by Gasteiger charge is 2.11. The van der Waals surface area contributed by atoms with E-state index in [1.165, 1.54) is 6.07 Å². The molecule has 0 radical (unpaired) electrons. The fraction of sp³-hybridized carbons (Fsp3) is 0.188. The third-order valence-corrected chi connectivity index (χ3v) is 3.06. The van der Waals surface area contributed by atoms with Gasteiger partial charge in [-0.3, -0.25) is 0 Å². The summed E-state index contributed by atoms with van der Waals surface area (Å²) in [6.45, 7) is 0.749. The van der Waals surface area contributed by atoms with E-state index in [9.17, 15) is 4.79 Å². The van der Waals surface area contributed by atoms with Crippen LogP contribution in [0.25, 0.3) is 0 Å². The molecule has 2 aromatic carbocycles. The predicted octanol–water partition coefficient (Wildman–Crippen LogP) is 3.55. The lowest BCUT2D eigenvalue weighted by Crippen LogP contribution is -2.10. The minimum Gasteiger partial charge on any atom is -0.493 e. The number of halogens is 1. The minimum atomic E-state index is -0.459. The summed E-state index contributed by atoms with van der Waals surface area (Å²) in [5.74, 6) is 0.338. The van der Waals surface area contributed by atoms with Gasteiger partial charge in [0.05, 0.1) is 23.8 Å². The van der Waals surface area contributed by atoms with Gasteiger partial charge in [-0.25, -0.2) is 4.79 Å². The molecule has 0 amide bonds.